The molecule has 0 aliphatic carbocycles. The SMILES string of the molecule is Cc1cccc(C)c1CN1CCC[C@@H](c2nnc(CN3CCOCC3)n2C)C1. The van der Waals surface area contributed by atoms with Crippen LogP contribution in [0.25, 0.3) is 0 Å². The zero-order chi connectivity index (χ0) is 19.5. The first-order chi connectivity index (χ1) is 13.6. The molecule has 2 aliphatic rings. The van der Waals surface area contributed by atoms with Crippen LogP contribution in [0.15, 0.2) is 18.2 Å². The molecule has 2 saturated heterocycles. The minimum absolute atomic E-state index is 0.467. The zero-order valence-electron chi connectivity index (χ0n) is 17.5. The Kier molecular flexibility index (Phi) is 6.09. The third kappa shape index (κ3) is 4.29. The summed E-state index contributed by atoms with van der Waals surface area (Å²) < 4.78 is 7.69. The molecule has 0 amide bonds. The molecule has 1 aromatic heterocycles. The van der Waals surface area contributed by atoms with Gasteiger partial charge in [-0.25, -0.2) is 0 Å². The highest BCUT2D eigenvalue weighted by atomic mass is 16.5. The standard InChI is InChI=1S/C22H33N5O/c1-17-6-4-7-18(2)20(17)15-27-9-5-8-19(14-27)22-24-23-21(25(22)3)16-26-10-12-28-13-11-26/h4,6-7,19H,5,8-16H2,1-3H3/t19-/m1/s1. The normalized spacial score (nSPS) is 21.9. The summed E-state index contributed by atoms with van der Waals surface area (Å²) in [5, 5.41) is 9.14. The summed E-state index contributed by atoms with van der Waals surface area (Å²) in [6.45, 7) is 12.2. The zero-order valence-corrected chi connectivity index (χ0v) is 17.5. The molecule has 0 bridgehead atoms. The minimum atomic E-state index is 0.467. The fraction of sp³-hybridized carbons (Fsp3) is 0.636. The van der Waals surface area contributed by atoms with E-state index in [4.69, 9.17) is 4.74 Å². The average molecular weight is 384 g/mol. The lowest BCUT2D eigenvalue weighted by Crippen LogP contribution is -2.37. The summed E-state index contributed by atoms with van der Waals surface area (Å²) in [6.07, 6.45) is 2.42. The van der Waals surface area contributed by atoms with Crippen molar-refractivity contribution in [2.75, 3.05) is 39.4 Å². The summed E-state index contributed by atoms with van der Waals surface area (Å²) in [5.74, 6) is 2.69. The number of hydrogen-bond acceptors (Lipinski definition) is 5. The van der Waals surface area contributed by atoms with E-state index in [9.17, 15) is 0 Å². The molecular weight excluding hydrogens is 350 g/mol. The van der Waals surface area contributed by atoms with Crippen LogP contribution in [0.5, 0.6) is 0 Å². The number of nitrogens with zero attached hydrogens (tertiary/aromatic N) is 5. The van der Waals surface area contributed by atoms with Crippen LogP contribution < -0.4 is 0 Å². The van der Waals surface area contributed by atoms with Crippen molar-refractivity contribution >= 4 is 0 Å². The van der Waals surface area contributed by atoms with E-state index in [0.717, 1.165) is 57.6 Å². The van der Waals surface area contributed by atoms with E-state index in [-0.39, 0.29) is 0 Å². The molecule has 6 heteroatoms. The number of benzene rings is 1. The molecule has 0 N–H and O–H groups in total. The topological polar surface area (TPSA) is 46.4 Å². The van der Waals surface area contributed by atoms with E-state index in [2.05, 4.69) is 63.7 Å². The summed E-state index contributed by atoms with van der Waals surface area (Å²) in [5.41, 5.74) is 4.27. The quantitative estimate of drug-likeness (QED) is 0.794. The Balaban J connectivity index is 1.43. The van der Waals surface area contributed by atoms with Crippen LogP contribution in [0.1, 0.15) is 47.1 Å². The number of aromatic nitrogens is 3. The molecule has 2 aromatic rings. The van der Waals surface area contributed by atoms with E-state index in [1.807, 2.05) is 0 Å². The molecule has 0 spiro atoms. The van der Waals surface area contributed by atoms with Crippen molar-refractivity contribution in [2.45, 2.75) is 45.7 Å². The largest absolute Gasteiger partial charge is 0.379 e. The minimum Gasteiger partial charge on any atom is -0.379 e. The summed E-state index contributed by atoms with van der Waals surface area (Å²) >= 11 is 0. The van der Waals surface area contributed by atoms with Crippen molar-refractivity contribution in [3.8, 4) is 0 Å². The van der Waals surface area contributed by atoms with Gasteiger partial charge in [0.15, 0.2) is 0 Å². The summed E-state index contributed by atoms with van der Waals surface area (Å²) in [7, 11) is 2.13. The Morgan fingerprint density at radius 2 is 1.75 bits per heavy atom. The van der Waals surface area contributed by atoms with Crippen molar-refractivity contribution in [3.05, 3.63) is 46.5 Å². The van der Waals surface area contributed by atoms with Gasteiger partial charge >= 0.3 is 0 Å². The predicted octanol–water partition coefficient (Wildman–Crippen LogP) is 2.64. The lowest BCUT2D eigenvalue weighted by molar-refractivity contribution is 0.0326. The third-order valence-corrected chi connectivity index (χ3v) is 6.36. The van der Waals surface area contributed by atoms with Crippen LogP contribution in [0.2, 0.25) is 0 Å². The molecule has 1 aromatic carbocycles. The molecule has 0 radical (unpaired) electrons. The number of piperidine rings is 1. The summed E-state index contributed by atoms with van der Waals surface area (Å²) in [4.78, 5) is 5.01. The molecule has 2 aliphatic heterocycles. The molecule has 3 heterocycles. The molecule has 152 valence electrons. The number of rotatable bonds is 5. The van der Waals surface area contributed by atoms with Crippen LogP contribution in [0, 0.1) is 13.8 Å². The van der Waals surface area contributed by atoms with Gasteiger partial charge in [-0.15, -0.1) is 10.2 Å². The third-order valence-electron chi connectivity index (χ3n) is 6.36. The van der Waals surface area contributed by atoms with Gasteiger partial charge in [0.2, 0.25) is 0 Å². The highest BCUT2D eigenvalue weighted by Gasteiger charge is 2.27. The second-order valence-electron chi connectivity index (χ2n) is 8.37. The van der Waals surface area contributed by atoms with Crippen LogP contribution in [0.4, 0.5) is 0 Å². The molecule has 4 rings (SSSR count). The first kappa shape index (κ1) is 19.6. The maximum absolute atomic E-state index is 5.46. The Hall–Kier alpha value is -1.76. The number of likely N-dealkylation sites (tertiary alicyclic amines) is 1. The number of hydrogen-bond donors (Lipinski definition) is 0. The Morgan fingerprint density at radius 3 is 2.50 bits per heavy atom. The fourth-order valence-corrected chi connectivity index (χ4v) is 4.56. The van der Waals surface area contributed by atoms with Gasteiger partial charge in [0, 0.05) is 39.1 Å². The Bertz CT molecular complexity index is 776. The van der Waals surface area contributed by atoms with Crippen LogP contribution in [-0.2, 0) is 24.9 Å². The van der Waals surface area contributed by atoms with Gasteiger partial charge in [-0.3, -0.25) is 9.80 Å². The molecule has 0 unspecified atom stereocenters. The maximum Gasteiger partial charge on any atom is 0.146 e. The lowest BCUT2D eigenvalue weighted by atomic mass is 9.95. The van der Waals surface area contributed by atoms with Gasteiger partial charge in [-0.2, -0.15) is 0 Å². The van der Waals surface area contributed by atoms with Crippen molar-refractivity contribution in [3.63, 3.8) is 0 Å². The Labute approximate surface area is 168 Å². The number of ether oxygens (including phenoxy) is 1. The van der Waals surface area contributed by atoms with E-state index >= 15 is 0 Å². The van der Waals surface area contributed by atoms with E-state index in [0.29, 0.717) is 5.92 Å². The first-order valence-electron chi connectivity index (χ1n) is 10.6. The fourth-order valence-electron chi connectivity index (χ4n) is 4.56. The molecule has 28 heavy (non-hydrogen) atoms. The van der Waals surface area contributed by atoms with E-state index in [1.54, 1.807) is 0 Å². The number of aryl methyl sites for hydroxylation is 2. The molecule has 1 atom stereocenters. The lowest BCUT2D eigenvalue weighted by Gasteiger charge is -2.33. The van der Waals surface area contributed by atoms with Gasteiger partial charge < -0.3 is 9.30 Å². The molecule has 6 nitrogen and oxygen atoms in total. The van der Waals surface area contributed by atoms with Crippen molar-refractivity contribution in [2.24, 2.45) is 7.05 Å². The van der Waals surface area contributed by atoms with Crippen molar-refractivity contribution in [1.82, 2.24) is 24.6 Å². The highest BCUT2D eigenvalue weighted by Crippen LogP contribution is 2.28. The van der Waals surface area contributed by atoms with Gasteiger partial charge in [0.25, 0.3) is 0 Å². The van der Waals surface area contributed by atoms with Crippen LogP contribution in [0.3, 0.4) is 0 Å². The van der Waals surface area contributed by atoms with Crippen molar-refractivity contribution in [1.29, 1.82) is 0 Å². The van der Waals surface area contributed by atoms with Crippen molar-refractivity contribution < 1.29 is 4.74 Å². The highest BCUT2D eigenvalue weighted by molar-refractivity contribution is 5.33. The van der Waals surface area contributed by atoms with Crippen LogP contribution in [-0.4, -0.2) is 64.0 Å². The average Bonchev–Trinajstić information content (AvgIpc) is 3.06. The second-order valence-corrected chi connectivity index (χ2v) is 8.37. The molecule has 0 saturated carbocycles. The maximum atomic E-state index is 5.46. The van der Waals surface area contributed by atoms with Gasteiger partial charge in [-0.1, -0.05) is 18.2 Å². The summed E-state index contributed by atoms with van der Waals surface area (Å²) in [6, 6.07) is 6.61. The molecular formula is C22H33N5O. The van der Waals surface area contributed by atoms with Crippen LogP contribution >= 0.6 is 0 Å². The van der Waals surface area contributed by atoms with Gasteiger partial charge in [0.05, 0.1) is 19.8 Å². The number of morpholine rings is 1. The smallest absolute Gasteiger partial charge is 0.146 e. The van der Waals surface area contributed by atoms with Gasteiger partial charge in [0.1, 0.15) is 11.6 Å². The van der Waals surface area contributed by atoms with Gasteiger partial charge in [-0.05, 0) is 49.9 Å². The molecule has 2 fully saturated rings. The monoisotopic (exact) mass is 383 g/mol. The van der Waals surface area contributed by atoms with E-state index < -0.39 is 0 Å². The Morgan fingerprint density at radius 1 is 1.00 bits per heavy atom. The predicted molar refractivity (Wildman–Crippen MR) is 110 cm³/mol. The van der Waals surface area contributed by atoms with E-state index in [1.165, 1.54) is 36.1 Å². The second kappa shape index (κ2) is 8.72. The first-order valence-corrected chi connectivity index (χ1v) is 10.6.